The Balaban J connectivity index is 1.56. The van der Waals surface area contributed by atoms with Gasteiger partial charge in [0.25, 0.3) is 0 Å². The van der Waals surface area contributed by atoms with E-state index in [4.69, 9.17) is 9.97 Å². The lowest BCUT2D eigenvalue weighted by atomic mass is 10.1. The Hall–Kier alpha value is -1.89. The Bertz CT molecular complexity index is 742. The molecule has 0 radical (unpaired) electrons. The average Bonchev–Trinajstić information content (AvgIpc) is 3.01. The normalized spacial score (nSPS) is 20.2. The van der Waals surface area contributed by atoms with Crippen molar-refractivity contribution in [2.75, 3.05) is 34.8 Å². The molecule has 1 N–H and O–H groups in total. The fourth-order valence-corrected chi connectivity index (χ4v) is 4.63. The highest BCUT2D eigenvalue weighted by atomic mass is 32.2. The molecule has 2 aliphatic rings. The van der Waals surface area contributed by atoms with Gasteiger partial charge < -0.3 is 10.2 Å². The third-order valence-electron chi connectivity index (χ3n) is 4.83. The van der Waals surface area contributed by atoms with E-state index < -0.39 is 0 Å². The van der Waals surface area contributed by atoms with E-state index in [-0.39, 0.29) is 0 Å². The zero-order chi connectivity index (χ0) is 17.2. The Morgan fingerprint density at radius 3 is 2.76 bits per heavy atom. The first-order valence-corrected chi connectivity index (χ1v) is 10.1. The maximum absolute atomic E-state index is 4.73. The fraction of sp³-hybridized carbons (Fsp3) is 0.556. The predicted octanol–water partition coefficient (Wildman–Crippen LogP) is 2.41. The van der Waals surface area contributed by atoms with Crippen LogP contribution in [0.15, 0.2) is 12.1 Å². The Morgan fingerprint density at radius 2 is 2.00 bits per heavy atom. The van der Waals surface area contributed by atoms with Crippen LogP contribution in [0.1, 0.15) is 29.2 Å². The van der Waals surface area contributed by atoms with Gasteiger partial charge in [-0.2, -0.15) is 16.9 Å². The lowest BCUT2D eigenvalue weighted by Crippen LogP contribution is -2.27. The molecule has 2 aliphatic heterocycles. The Morgan fingerprint density at radius 1 is 1.12 bits per heavy atom. The zero-order valence-electron chi connectivity index (χ0n) is 14.8. The third-order valence-corrected chi connectivity index (χ3v) is 6.00. The van der Waals surface area contributed by atoms with E-state index in [0.29, 0.717) is 6.04 Å². The Kier molecular flexibility index (Phi) is 4.74. The first-order valence-electron chi connectivity index (χ1n) is 8.95. The van der Waals surface area contributed by atoms with Gasteiger partial charge in [0.1, 0.15) is 11.6 Å². The molecule has 1 fully saturated rings. The van der Waals surface area contributed by atoms with Crippen molar-refractivity contribution in [2.24, 2.45) is 0 Å². The summed E-state index contributed by atoms with van der Waals surface area (Å²) in [7, 11) is 0. The van der Waals surface area contributed by atoms with Gasteiger partial charge in [0.2, 0.25) is 0 Å². The lowest BCUT2D eigenvalue weighted by Gasteiger charge is -2.20. The number of fused-ring (bicyclic) bond motifs is 1. The van der Waals surface area contributed by atoms with Crippen molar-refractivity contribution in [3.05, 3.63) is 34.9 Å². The number of hydrogen-bond acceptors (Lipinski definition) is 7. The van der Waals surface area contributed by atoms with Gasteiger partial charge in [0.15, 0.2) is 5.82 Å². The number of aromatic nitrogens is 4. The standard InChI is InChI=1S/C18H24N6S/c1-12-3-4-17(23-22-12)24-8-5-15-16(6-9-24)19-13(2)20-18(15)21-14-7-10-25-11-14/h3-4,14H,5-11H2,1-2H3,(H,19,20,21)/t14-/m0/s1. The highest BCUT2D eigenvalue weighted by molar-refractivity contribution is 7.99. The van der Waals surface area contributed by atoms with Gasteiger partial charge in [-0.1, -0.05) is 0 Å². The van der Waals surface area contributed by atoms with Crippen molar-refractivity contribution < 1.29 is 0 Å². The second kappa shape index (κ2) is 7.15. The van der Waals surface area contributed by atoms with Crippen molar-refractivity contribution in [3.8, 4) is 0 Å². The molecule has 0 aromatic carbocycles. The van der Waals surface area contributed by atoms with Gasteiger partial charge in [-0.15, -0.1) is 5.10 Å². The summed E-state index contributed by atoms with van der Waals surface area (Å²) in [4.78, 5) is 11.8. The first kappa shape index (κ1) is 16.6. The smallest absolute Gasteiger partial charge is 0.151 e. The molecule has 0 saturated carbocycles. The van der Waals surface area contributed by atoms with E-state index in [1.165, 1.54) is 29.2 Å². The molecule has 2 aromatic rings. The van der Waals surface area contributed by atoms with Crippen molar-refractivity contribution >= 4 is 23.4 Å². The number of nitrogens with zero attached hydrogens (tertiary/aromatic N) is 5. The summed E-state index contributed by atoms with van der Waals surface area (Å²) >= 11 is 2.02. The van der Waals surface area contributed by atoms with Crippen LogP contribution in [0.2, 0.25) is 0 Å². The predicted molar refractivity (Wildman–Crippen MR) is 103 cm³/mol. The molecule has 132 valence electrons. The van der Waals surface area contributed by atoms with Gasteiger partial charge in [0, 0.05) is 36.9 Å². The van der Waals surface area contributed by atoms with Crippen LogP contribution < -0.4 is 10.2 Å². The topological polar surface area (TPSA) is 66.8 Å². The number of rotatable bonds is 3. The SMILES string of the molecule is Cc1ccc(N2CCc3nc(C)nc(N[C@H]4CCSC4)c3CC2)nn1. The molecule has 7 heteroatoms. The van der Waals surface area contributed by atoms with E-state index in [9.17, 15) is 0 Å². The minimum absolute atomic E-state index is 0.533. The van der Waals surface area contributed by atoms with Crippen molar-refractivity contribution in [2.45, 2.75) is 39.2 Å². The summed E-state index contributed by atoms with van der Waals surface area (Å²) in [5.74, 6) is 5.26. The molecular formula is C18H24N6S. The summed E-state index contributed by atoms with van der Waals surface area (Å²) < 4.78 is 0. The number of thioether (sulfide) groups is 1. The molecule has 0 amide bonds. The van der Waals surface area contributed by atoms with Gasteiger partial charge in [-0.3, -0.25) is 0 Å². The van der Waals surface area contributed by atoms with Crippen molar-refractivity contribution in [1.82, 2.24) is 20.2 Å². The van der Waals surface area contributed by atoms with Crippen LogP contribution in [0, 0.1) is 13.8 Å². The second-order valence-electron chi connectivity index (χ2n) is 6.77. The lowest BCUT2D eigenvalue weighted by molar-refractivity contribution is 0.770. The van der Waals surface area contributed by atoms with Crippen LogP contribution in [0.25, 0.3) is 0 Å². The zero-order valence-corrected chi connectivity index (χ0v) is 15.6. The van der Waals surface area contributed by atoms with Gasteiger partial charge in [0.05, 0.1) is 11.4 Å². The molecular weight excluding hydrogens is 332 g/mol. The molecule has 25 heavy (non-hydrogen) atoms. The molecule has 0 bridgehead atoms. The molecule has 2 aromatic heterocycles. The van der Waals surface area contributed by atoms with E-state index in [1.54, 1.807) is 0 Å². The monoisotopic (exact) mass is 356 g/mol. The molecule has 1 saturated heterocycles. The van der Waals surface area contributed by atoms with E-state index in [2.05, 4.69) is 26.5 Å². The van der Waals surface area contributed by atoms with Gasteiger partial charge >= 0.3 is 0 Å². The summed E-state index contributed by atoms with van der Waals surface area (Å²) in [6.07, 6.45) is 3.07. The van der Waals surface area contributed by atoms with Crippen LogP contribution >= 0.6 is 11.8 Å². The summed E-state index contributed by atoms with van der Waals surface area (Å²) in [6.45, 7) is 5.79. The summed E-state index contributed by atoms with van der Waals surface area (Å²) in [5, 5.41) is 12.2. The minimum Gasteiger partial charge on any atom is -0.366 e. The number of aryl methyl sites for hydroxylation is 2. The number of hydrogen-bond donors (Lipinski definition) is 1. The van der Waals surface area contributed by atoms with Crippen molar-refractivity contribution in [1.29, 1.82) is 0 Å². The number of anilines is 2. The molecule has 6 nitrogen and oxygen atoms in total. The van der Waals surface area contributed by atoms with Crippen LogP contribution in [-0.4, -0.2) is 50.8 Å². The first-order chi connectivity index (χ1) is 12.2. The highest BCUT2D eigenvalue weighted by Gasteiger charge is 2.23. The van der Waals surface area contributed by atoms with Gasteiger partial charge in [-0.25, -0.2) is 9.97 Å². The molecule has 0 unspecified atom stereocenters. The second-order valence-corrected chi connectivity index (χ2v) is 7.92. The summed E-state index contributed by atoms with van der Waals surface area (Å²) in [6, 6.07) is 4.62. The van der Waals surface area contributed by atoms with E-state index in [0.717, 1.165) is 49.1 Å². The van der Waals surface area contributed by atoms with Gasteiger partial charge in [-0.05, 0) is 44.6 Å². The maximum atomic E-state index is 4.73. The molecule has 1 atom stereocenters. The fourth-order valence-electron chi connectivity index (χ4n) is 3.47. The number of nitrogens with one attached hydrogen (secondary N) is 1. The van der Waals surface area contributed by atoms with Crippen LogP contribution in [0.5, 0.6) is 0 Å². The largest absolute Gasteiger partial charge is 0.366 e. The van der Waals surface area contributed by atoms with E-state index in [1.807, 2.05) is 31.7 Å². The molecule has 0 aliphatic carbocycles. The highest BCUT2D eigenvalue weighted by Crippen LogP contribution is 2.26. The average molecular weight is 356 g/mol. The van der Waals surface area contributed by atoms with Crippen LogP contribution in [-0.2, 0) is 12.8 Å². The van der Waals surface area contributed by atoms with Crippen LogP contribution in [0.4, 0.5) is 11.6 Å². The van der Waals surface area contributed by atoms with Crippen LogP contribution in [0.3, 0.4) is 0 Å². The minimum atomic E-state index is 0.533. The quantitative estimate of drug-likeness (QED) is 0.906. The van der Waals surface area contributed by atoms with E-state index >= 15 is 0 Å². The third kappa shape index (κ3) is 3.71. The van der Waals surface area contributed by atoms with Crippen molar-refractivity contribution in [3.63, 3.8) is 0 Å². The molecule has 0 spiro atoms. The molecule has 4 rings (SSSR count). The Labute approximate surface area is 152 Å². The molecule has 4 heterocycles. The maximum Gasteiger partial charge on any atom is 0.151 e. The summed E-state index contributed by atoms with van der Waals surface area (Å²) in [5.41, 5.74) is 3.41.